The third-order valence-corrected chi connectivity index (χ3v) is 1.90. The number of carbonyl (C=O) groups is 1. The van der Waals surface area contributed by atoms with Gasteiger partial charge in [-0.2, -0.15) is 4.98 Å². The van der Waals surface area contributed by atoms with Crippen LogP contribution in [-0.2, 0) is 0 Å². The topological polar surface area (TPSA) is 122 Å². The van der Waals surface area contributed by atoms with Gasteiger partial charge in [-0.05, 0) is 0 Å². The first-order chi connectivity index (χ1) is 6.75. The highest BCUT2D eigenvalue weighted by molar-refractivity contribution is 7.10. The number of hydrogen-bond acceptors (Lipinski definition) is 7. The molecule has 0 radical (unpaired) electrons. The average Bonchev–Trinajstić information content (AvgIpc) is 2.75. The number of nitrogens with one attached hydrogen (secondary N) is 2. The van der Waals surface area contributed by atoms with Crippen molar-refractivity contribution in [1.82, 2.24) is 24.8 Å². The first kappa shape index (κ1) is 8.56. The number of hydrogen-bond donors (Lipinski definition) is 3. The minimum Gasteiger partial charge on any atom is -0.366 e. The van der Waals surface area contributed by atoms with Gasteiger partial charge < -0.3 is 11.1 Å². The van der Waals surface area contributed by atoms with E-state index in [9.17, 15) is 4.79 Å². The van der Waals surface area contributed by atoms with E-state index in [1.807, 2.05) is 0 Å². The Kier molecular flexibility index (Phi) is 2.07. The lowest BCUT2D eigenvalue weighted by Gasteiger charge is -1.94. The van der Waals surface area contributed by atoms with E-state index < -0.39 is 5.91 Å². The Labute approximate surface area is 81.7 Å². The SMILES string of the molecule is Nc1n[nH]c(C(=O)Nc2cnns2)n1. The van der Waals surface area contributed by atoms with Crippen LogP contribution in [0, 0.1) is 0 Å². The lowest BCUT2D eigenvalue weighted by atomic mass is 10.5. The maximum Gasteiger partial charge on any atom is 0.293 e. The molecule has 0 atom stereocenters. The molecular formula is C5H5N7OS. The first-order valence-corrected chi connectivity index (χ1v) is 4.29. The third-order valence-electron chi connectivity index (χ3n) is 1.32. The van der Waals surface area contributed by atoms with E-state index in [-0.39, 0.29) is 11.8 Å². The molecule has 0 aliphatic carbocycles. The highest BCUT2D eigenvalue weighted by Gasteiger charge is 2.11. The largest absolute Gasteiger partial charge is 0.366 e. The van der Waals surface area contributed by atoms with Crippen LogP contribution in [0.4, 0.5) is 10.9 Å². The number of nitrogens with two attached hydrogens (primary N) is 1. The minimum atomic E-state index is -0.430. The molecular weight excluding hydrogens is 206 g/mol. The fraction of sp³-hybridized carbons (Fsp3) is 0. The molecule has 72 valence electrons. The van der Waals surface area contributed by atoms with E-state index in [0.717, 1.165) is 11.5 Å². The van der Waals surface area contributed by atoms with Gasteiger partial charge in [0.25, 0.3) is 5.91 Å². The summed E-state index contributed by atoms with van der Waals surface area (Å²) < 4.78 is 3.58. The van der Waals surface area contributed by atoms with Gasteiger partial charge in [0.1, 0.15) is 5.00 Å². The number of nitrogens with zero attached hydrogens (tertiary/aromatic N) is 4. The predicted octanol–water partition coefficient (Wildman–Crippen LogP) is -0.509. The van der Waals surface area contributed by atoms with Crippen LogP contribution in [0.15, 0.2) is 6.20 Å². The summed E-state index contributed by atoms with van der Waals surface area (Å²) in [5.74, 6) is -0.353. The number of aromatic amines is 1. The second kappa shape index (κ2) is 3.38. The monoisotopic (exact) mass is 211 g/mol. The zero-order chi connectivity index (χ0) is 9.97. The Morgan fingerprint density at radius 1 is 1.64 bits per heavy atom. The maximum absolute atomic E-state index is 11.4. The van der Waals surface area contributed by atoms with Crippen molar-refractivity contribution in [3.8, 4) is 0 Å². The second-order valence-corrected chi connectivity index (χ2v) is 3.06. The molecule has 2 rings (SSSR count). The number of aromatic nitrogens is 5. The van der Waals surface area contributed by atoms with Crippen LogP contribution in [0.5, 0.6) is 0 Å². The molecule has 2 aromatic rings. The van der Waals surface area contributed by atoms with Crippen LogP contribution >= 0.6 is 11.5 Å². The molecule has 0 fully saturated rings. The summed E-state index contributed by atoms with van der Waals surface area (Å²) in [5, 5.41) is 12.5. The molecule has 0 saturated carbocycles. The molecule has 2 heterocycles. The van der Waals surface area contributed by atoms with Gasteiger partial charge >= 0.3 is 0 Å². The van der Waals surface area contributed by atoms with Crippen molar-refractivity contribution in [2.75, 3.05) is 11.1 Å². The molecule has 9 heteroatoms. The predicted molar refractivity (Wildman–Crippen MR) is 48.7 cm³/mol. The van der Waals surface area contributed by atoms with Gasteiger partial charge in [0, 0.05) is 11.5 Å². The van der Waals surface area contributed by atoms with Gasteiger partial charge in [-0.3, -0.25) is 9.89 Å². The smallest absolute Gasteiger partial charge is 0.293 e. The van der Waals surface area contributed by atoms with Crippen molar-refractivity contribution >= 4 is 28.4 Å². The number of carbonyl (C=O) groups excluding carboxylic acids is 1. The van der Waals surface area contributed by atoms with Gasteiger partial charge in [-0.1, -0.05) is 4.49 Å². The summed E-state index contributed by atoms with van der Waals surface area (Å²) in [7, 11) is 0. The van der Waals surface area contributed by atoms with Gasteiger partial charge in [0.15, 0.2) is 0 Å². The number of H-pyrrole nitrogens is 1. The molecule has 0 unspecified atom stereocenters. The van der Waals surface area contributed by atoms with Gasteiger partial charge in [0.2, 0.25) is 11.8 Å². The van der Waals surface area contributed by atoms with Crippen LogP contribution in [0.2, 0.25) is 0 Å². The Morgan fingerprint density at radius 3 is 3.07 bits per heavy atom. The number of amides is 1. The molecule has 0 aliphatic heterocycles. The van der Waals surface area contributed by atoms with E-state index in [4.69, 9.17) is 5.73 Å². The van der Waals surface area contributed by atoms with Crippen LogP contribution in [0.3, 0.4) is 0 Å². The lowest BCUT2D eigenvalue weighted by Crippen LogP contribution is -2.12. The molecule has 0 aliphatic rings. The van der Waals surface area contributed by atoms with Crippen molar-refractivity contribution in [3.05, 3.63) is 12.0 Å². The van der Waals surface area contributed by atoms with Crippen LogP contribution < -0.4 is 11.1 Å². The zero-order valence-corrected chi connectivity index (χ0v) is 7.58. The normalized spacial score (nSPS) is 10.0. The molecule has 0 aromatic carbocycles. The summed E-state index contributed by atoms with van der Waals surface area (Å²) in [5.41, 5.74) is 5.23. The summed E-state index contributed by atoms with van der Waals surface area (Å²) in [6.07, 6.45) is 1.43. The quantitative estimate of drug-likeness (QED) is 0.614. The zero-order valence-electron chi connectivity index (χ0n) is 6.76. The molecule has 0 saturated heterocycles. The summed E-state index contributed by atoms with van der Waals surface area (Å²) in [6.45, 7) is 0. The first-order valence-electron chi connectivity index (χ1n) is 3.52. The molecule has 2 aromatic heterocycles. The average molecular weight is 211 g/mol. The van der Waals surface area contributed by atoms with E-state index >= 15 is 0 Å². The maximum atomic E-state index is 11.4. The Balaban J connectivity index is 2.10. The van der Waals surface area contributed by atoms with Crippen molar-refractivity contribution < 1.29 is 4.79 Å². The minimum absolute atomic E-state index is 0.0255. The van der Waals surface area contributed by atoms with E-state index in [1.165, 1.54) is 6.20 Å². The summed E-state index contributed by atoms with van der Waals surface area (Å²) in [4.78, 5) is 15.0. The standard InChI is InChI=1S/C5H5N7OS/c6-5-9-3(10-11-5)4(13)8-2-1-7-12-14-2/h1H,(H,8,13)(H3,6,9,10,11). The summed E-state index contributed by atoms with van der Waals surface area (Å²) in [6, 6.07) is 0. The third kappa shape index (κ3) is 1.66. The van der Waals surface area contributed by atoms with Crippen molar-refractivity contribution in [3.63, 3.8) is 0 Å². The molecule has 8 nitrogen and oxygen atoms in total. The van der Waals surface area contributed by atoms with E-state index in [1.54, 1.807) is 0 Å². The van der Waals surface area contributed by atoms with Gasteiger partial charge in [-0.25, -0.2) is 0 Å². The fourth-order valence-electron chi connectivity index (χ4n) is 0.770. The molecule has 0 bridgehead atoms. The molecule has 4 N–H and O–H groups in total. The molecule has 1 amide bonds. The number of anilines is 2. The number of nitrogen functional groups attached to an aromatic ring is 1. The van der Waals surface area contributed by atoms with Crippen molar-refractivity contribution in [1.29, 1.82) is 0 Å². The molecule has 14 heavy (non-hydrogen) atoms. The fourth-order valence-corrected chi connectivity index (χ4v) is 1.18. The van der Waals surface area contributed by atoms with E-state index in [0.29, 0.717) is 5.00 Å². The summed E-state index contributed by atoms with van der Waals surface area (Å²) >= 11 is 1.07. The van der Waals surface area contributed by atoms with E-state index in [2.05, 4.69) is 30.1 Å². The van der Waals surface area contributed by atoms with Crippen molar-refractivity contribution in [2.45, 2.75) is 0 Å². The highest BCUT2D eigenvalue weighted by Crippen LogP contribution is 2.09. The Hall–Kier alpha value is -2.03. The van der Waals surface area contributed by atoms with Gasteiger partial charge in [-0.15, -0.1) is 10.2 Å². The number of rotatable bonds is 2. The Morgan fingerprint density at radius 2 is 2.50 bits per heavy atom. The van der Waals surface area contributed by atoms with Crippen molar-refractivity contribution in [2.24, 2.45) is 0 Å². The Bertz CT molecular complexity index is 435. The van der Waals surface area contributed by atoms with Crippen LogP contribution in [0.1, 0.15) is 10.6 Å². The van der Waals surface area contributed by atoms with Gasteiger partial charge in [0.05, 0.1) is 6.20 Å². The molecule has 0 spiro atoms. The lowest BCUT2D eigenvalue weighted by molar-refractivity contribution is 0.101. The van der Waals surface area contributed by atoms with Crippen LogP contribution in [0.25, 0.3) is 0 Å². The van der Waals surface area contributed by atoms with Crippen LogP contribution in [-0.4, -0.2) is 30.7 Å². The second-order valence-electron chi connectivity index (χ2n) is 2.28. The highest BCUT2D eigenvalue weighted by atomic mass is 32.1.